The van der Waals surface area contributed by atoms with Crippen molar-refractivity contribution < 1.29 is 14.1 Å². The largest absolute Gasteiger partial charge is 0.414 e. The zero-order chi connectivity index (χ0) is 12.6. The number of nitrogens with zero attached hydrogens (tertiary/aromatic N) is 1. The van der Waals surface area contributed by atoms with Crippen molar-refractivity contribution in [3.63, 3.8) is 0 Å². The van der Waals surface area contributed by atoms with Gasteiger partial charge in [-0.1, -0.05) is 13.2 Å². The third-order valence-corrected chi connectivity index (χ3v) is 2.26. The van der Waals surface area contributed by atoms with Gasteiger partial charge in [-0.2, -0.15) is 0 Å². The monoisotopic (exact) mass is 227 g/mol. The van der Waals surface area contributed by atoms with Crippen molar-refractivity contribution in [1.82, 2.24) is 5.32 Å². The smallest absolute Gasteiger partial charge is 0.352 e. The van der Waals surface area contributed by atoms with Crippen LogP contribution in [0.25, 0.3) is 0 Å². The summed E-state index contributed by atoms with van der Waals surface area (Å²) in [5, 5.41) is 2.42. The van der Waals surface area contributed by atoms with Crippen molar-refractivity contribution in [3.05, 3.63) is 25.3 Å². The molecule has 16 heavy (non-hydrogen) atoms. The summed E-state index contributed by atoms with van der Waals surface area (Å²) in [7, 11) is 0. The molecule has 5 N–H and O–H groups in total. The van der Waals surface area contributed by atoms with Crippen molar-refractivity contribution in [2.75, 3.05) is 26.2 Å². The fourth-order valence-electron chi connectivity index (χ4n) is 1.43. The van der Waals surface area contributed by atoms with Crippen LogP contribution in [0.15, 0.2) is 25.3 Å². The molecule has 0 spiro atoms. The molecule has 0 bridgehead atoms. The lowest BCUT2D eigenvalue weighted by Gasteiger charge is -2.31. The van der Waals surface area contributed by atoms with E-state index in [9.17, 15) is 9.59 Å². The number of carbonyl (C=O) groups excluding carboxylic acids is 2. The topological polar surface area (TPSA) is 98.2 Å². The zero-order valence-corrected chi connectivity index (χ0v) is 9.32. The van der Waals surface area contributed by atoms with Crippen molar-refractivity contribution in [3.8, 4) is 0 Å². The molecule has 6 nitrogen and oxygen atoms in total. The van der Waals surface area contributed by atoms with E-state index in [1.54, 1.807) is 12.2 Å². The first-order valence-electron chi connectivity index (χ1n) is 4.89. The number of nitrogens with one attached hydrogen (secondary N) is 1. The number of amides is 4. The standard InChI is InChI=1S/C10H18N4O2/c1-3-6-14(7-4-2,10(12)16)8-5-13-9(11)15/h3-4H,1-2,5-8H2,(H4-,11,12,13,15,16)/p+1. The molecule has 0 aliphatic heterocycles. The second-order valence-electron chi connectivity index (χ2n) is 3.44. The van der Waals surface area contributed by atoms with Crippen LogP contribution in [0.5, 0.6) is 0 Å². The molecule has 0 aromatic heterocycles. The number of rotatable bonds is 7. The maximum atomic E-state index is 11.4. The van der Waals surface area contributed by atoms with Gasteiger partial charge in [0.2, 0.25) is 0 Å². The fourth-order valence-corrected chi connectivity index (χ4v) is 1.43. The van der Waals surface area contributed by atoms with Gasteiger partial charge in [-0.3, -0.25) is 0 Å². The van der Waals surface area contributed by atoms with Gasteiger partial charge in [0, 0.05) is 0 Å². The number of urea groups is 2. The Morgan fingerprint density at radius 1 is 1.19 bits per heavy atom. The molecule has 0 fully saturated rings. The Hall–Kier alpha value is -1.82. The minimum Gasteiger partial charge on any atom is -0.352 e. The van der Waals surface area contributed by atoms with Crippen LogP contribution in [0.1, 0.15) is 0 Å². The highest BCUT2D eigenvalue weighted by atomic mass is 16.2. The lowest BCUT2D eigenvalue weighted by Crippen LogP contribution is -2.58. The predicted octanol–water partition coefficient (Wildman–Crippen LogP) is -0.0778. The van der Waals surface area contributed by atoms with Crippen LogP contribution in [0.4, 0.5) is 9.59 Å². The highest BCUT2D eigenvalue weighted by Crippen LogP contribution is 2.06. The maximum Gasteiger partial charge on any atom is 0.414 e. The van der Waals surface area contributed by atoms with E-state index in [0.717, 1.165) is 0 Å². The molecule has 0 aromatic rings. The first-order chi connectivity index (χ1) is 7.48. The molecule has 0 rings (SSSR count). The van der Waals surface area contributed by atoms with Crippen molar-refractivity contribution in [2.24, 2.45) is 11.5 Å². The van der Waals surface area contributed by atoms with E-state index in [2.05, 4.69) is 18.5 Å². The molecule has 0 radical (unpaired) electrons. The van der Waals surface area contributed by atoms with Gasteiger partial charge >= 0.3 is 12.1 Å². The van der Waals surface area contributed by atoms with Gasteiger partial charge in [-0.25, -0.2) is 14.1 Å². The molecule has 0 unspecified atom stereocenters. The summed E-state index contributed by atoms with van der Waals surface area (Å²) < 4.78 is -0.0206. The predicted molar refractivity (Wildman–Crippen MR) is 62.4 cm³/mol. The maximum absolute atomic E-state index is 11.4. The summed E-state index contributed by atoms with van der Waals surface area (Å²) in [6.07, 6.45) is 3.22. The summed E-state index contributed by atoms with van der Waals surface area (Å²) in [5.41, 5.74) is 10.3. The lowest BCUT2D eigenvalue weighted by atomic mass is 10.3. The molecule has 90 valence electrons. The fraction of sp³-hybridized carbons (Fsp3) is 0.400. The van der Waals surface area contributed by atoms with E-state index in [0.29, 0.717) is 19.6 Å². The molecule has 0 atom stereocenters. The van der Waals surface area contributed by atoms with E-state index < -0.39 is 12.1 Å². The zero-order valence-electron chi connectivity index (χ0n) is 9.32. The van der Waals surface area contributed by atoms with Crippen LogP contribution >= 0.6 is 0 Å². The van der Waals surface area contributed by atoms with Gasteiger partial charge in [0.05, 0.1) is 6.54 Å². The molecule has 0 aromatic carbocycles. The van der Waals surface area contributed by atoms with Crippen LogP contribution in [-0.4, -0.2) is 42.7 Å². The quantitative estimate of drug-likeness (QED) is 0.419. The molecule has 0 aliphatic rings. The van der Waals surface area contributed by atoms with Gasteiger partial charge in [0.15, 0.2) is 0 Å². The molecule has 0 aliphatic carbocycles. The SMILES string of the molecule is C=CC[N+](CC=C)(CCNC(N)=O)C(N)=O. The second-order valence-corrected chi connectivity index (χ2v) is 3.44. The number of nitrogens with two attached hydrogens (primary N) is 2. The summed E-state index contributed by atoms with van der Waals surface area (Å²) in [6, 6.07) is -1.11. The Bertz CT molecular complexity index is 279. The average molecular weight is 227 g/mol. The average Bonchev–Trinajstić information content (AvgIpc) is 2.17. The van der Waals surface area contributed by atoms with E-state index in [-0.39, 0.29) is 11.0 Å². The molecule has 4 amide bonds. The number of carbonyl (C=O) groups is 2. The first kappa shape index (κ1) is 14.2. The van der Waals surface area contributed by atoms with Gasteiger partial charge < -0.3 is 16.8 Å². The third kappa shape index (κ3) is 4.14. The van der Waals surface area contributed by atoms with Crippen LogP contribution < -0.4 is 16.8 Å². The van der Waals surface area contributed by atoms with Crippen LogP contribution in [-0.2, 0) is 0 Å². The Labute approximate surface area is 95.2 Å². The summed E-state index contributed by atoms with van der Waals surface area (Å²) in [6.45, 7) is 8.58. The number of quaternary nitrogens is 1. The minimum absolute atomic E-state index is 0.0206. The first-order valence-corrected chi connectivity index (χ1v) is 4.89. The molecule has 6 heteroatoms. The van der Waals surface area contributed by atoms with Gasteiger partial charge in [-0.15, -0.1) is 0 Å². The van der Waals surface area contributed by atoms with E-state index in [4.69, 9.17) is 11.5 Å². The van der Waals surface area contributed by atoms with Gasteiger partial charge in [0.1, 0.15) is 19.6 Å². The Kier molecular flexibility index (Phi) is 5.87. The molecular formula is C10H19N4O2+. The van der Waals surface area contributed by atoms with Crippen LogP contribution in [0, 0.1) is 0 Å². The third-order valence-electron chi connectivity index (χ3n) is 2.26. The second kappa shape index (κ2) is 6.62. The van der Waals surface area contributed by atoms with Crippen LogP contribution in [0.3, 0.4) is 0 Å². The number of primary amides is 2. The lowest BCUT2D eigenvalue weighted by molar-refractivity contribution is -0.836. The number of hydrogen-bond acceptors (Lipinski definition) is 2. The summed E-state index contributed by atoms with van der Waals surface area (Å²) in [4.78, 5) is 22.0. The van der Waals surface area contributed by atoms with Gasteiger partial charge in [0.25, 0.3) is 0 Å². The van der Waals surface area contributed by atoms with E-state index in [1.165, 1.54) is 0 Å². The van der Waals surface area contributed by atoms with Crippen molar-refractivity contribution in [1.29, 1.82) is 0 Å². The van der Waals surface area contributed by atoms with E-state index >= 15 is 0 Å². The molecule has 0 saturated carbocycles. The minimum atomic E-state index is -0.625. The van der Waals surface area contributed by atoms with Crippen LogP contribution in [0.2, 0.25) is 0 Å². The van der Waals surface area contributed by atoms with Crippen molar-refractivity contribution in [2.45, 2.75) is 0 Å². The highest BCUT2D eigenvalue weighted by Gasteiger charge is 2.31. The molecular weight excluding hydrogens is 208 g/mol. The summed E-state index contributed by atoms with van der Waals surface area (Å²) in [5.74, 6) is 0. The van der Waals surface area contributed by atoms with Gasteiger partial charge in [-0.05, 0) is 12.2 Å². The Morgan fingerprint density at radius 2 is 1.69 bits per heavy atom. The number of hydrogen-bond donors (Lipinski definition) is 3. The normalized spacial score (nSPS) is 10.5. The molecule has 0 heterocycles. The Balaban J connectivity index is 4.60. The summed E-state index contributed by atoms with van der Waals surface area (Å²) >= 11 is 0. The van der Waals surface area contributed by atoms with Crippen molar-refractivity contribution >= 4 is 12.1 Å². The van der Waals surface area contributed by atoms with E-state index in [1.807, 2.05) is 0 Å². The highest BCUT2D eigenvalue weighted by molar-refractivity contribution is 5.71. The molecule has 0 saturated heterocycles. The Morgan fingerprint density at radius 3 is 2.00 bits per heavy atom.